The largest absolute Gasteiger partial charge is 0.322 e. The molecule has 0 saturated carbocycles. The Morgan fingerprint density at radius 3 is 2.38 bits per heavy atom. The van der Waals surface area contributed by atoms with E-state index in [4.69, 9.17) is 16.7 Å². The molecule has 0 bridgehead atoms. The van der Waals surface area contributed by atoms with E-state index in [9.17, 15) is 9.59 Å². The molecule has 4 rings (SSSR count). The van der Waals surface area contributed by atoms with Crippen LogP contribution >= 0.6 is 11.6 Å². The smallest absolute Gasteiger partial charge is 0.315 e. The van der Waals surface area contributed by atoms with E-state index in [2.05, 4.69) is 16.7 Å². The third-order valence-electron chi connectivity index (χ3n) is 6.45. The molecular formula is C31H34ClN5O2. The minimum atomic E-state index is -0.355. The number of unbranched alkanes of at least 4 members (excludes halogenated alkanes) is 1. The predicted octanol–water partition coefficient (Wildman–Crippen LogP) is 7.39. The molecule has 3 amide bonds. The molecule has 7 nitrogen and oxygen atoms in total. The summed E-state index contributed by atoms with van der Waals surface area (Å²) in [6.45, 7) is 8.34. The van der Waals surface area contributed by atoms with E-state index in [1.54, 1.807) is 16.8 Å². The van der Waals surface area contributed by atoms with Crippen molar-refractivity contribution >= 4 is 35.0 Å². The summed E-state index contributed by atoms with van der Waals surface area (Å²) in [7, 11) is 0. The normalized spacial score (nSPS) is 10.8. The summed E-state index contributed by atoms with van der Waals surface area (Å²) in [5.41, 5.74) is 6.23. The van der Waals surface area contributed by atoms with Gasteiger partial charge < -0.3 is 15.5 Å². The van der Waals surface area contributed by atoms with E-state index in [0.717, 1.165) is 46.5 Å². The summed E-state index contributed by atoms with van der Waals surface area (Å²) >= 11 is 6.23. The Morgan fingerprint density at radius 2 is 1.69 bits per heavy atom. The average Bonchev–Trinajstić information content (AvgIpc) is 3.32. The Kier molecular flexibility index (Phi) is 9.04. The molecule has 1 aromatic heterocycles. The van der Waals surface area contributed by atoms with Crippen LogP contribution in [0.4, 0.5) is 16.3 Å². The Bertz CT molecular complexity index is 1470. The number of hydrogen-bond donors (Lipinski definition) is 2. The number of nitrogens with one attached hydrogen (secondary N) is 2. The molecule has 0 aliphatic rings. The second kappa shape index (κ2) is 12.6. The van der Waals surface area contributed by atoms with Gasteiger partial charge in [-0.2, -0.15) is 5.10 Å². The van der Waals surface area contributed by atoms with Crippen LogP contribution in [0.1, 0.15) is 36.5 Å². The van der Waals surface area contributed by atoms with Gasteiger partial charge >= 0.3 is 6.03 Å². The van der Waals surface area contributed by atoms with Crippen molar-refractivity contribution in [1.29, 1.82) is 0 Å². The fourth-order valence-electron chi connectivity index (χ4n) is 4.28. The summed E-state index contributed by atoms with van der Waals surface area (Å²) in [4.78, 5) is 28.0. The first-order valence-electron chi connectivity index (χ1n) is 13.1. The topological polar surface area (TPSA) is 79.3 Å². The van der Waals surface area contributed by atoms with Crippen LogP contribution in [0, 0.1) is 20.8 Å². The molecule has 0 unspecified atom stereocenters. The zero-order chi connectivity index (χ0) is 27.9. The fraction of sp³-hybridized carbons (Fsp3) is 0.258. The van der Waals surface area contributed by atoms with Gasteiger partial charge in [-0.3, -0.25) is 4.79 Å². The highest BCUT2D eigenvalue weighted by Gasteiger charge is 2.20. The molecule has 0 aliphatic heterocycles. The van der Waals surface area contributed by atoms with Gasteiger partial charge in [-0.05, 0) is 56.5 Å². The number of halogens is 1. The number of nitrogens with zero attached hydrogens (tertiary/aromatic N) is 3. The SMILES string of the molecule is CCCCN(CC(=O)Nc1cc(-c2ccccc2)nn1-c1ccc(C)cc1C)C(=O)Nc1ccc(C)c(Cl)c1. The lowest BCUT2D eigenvalue weighted by atomic mass is 10.1. The molecule has 0 fully saturated rings. The number of anilines is 2. The Labute approximate surface area is 234 Å². The molecule has 39 heavy (non-hydrogen) atoms. The van der Waals surface area contributed by atoms with Crippen LogP contribution < -0.4 is 10.6 Å². The molecule has 2 N–H and O–H groups in total. The van der Waals surface area contributed by atoms with Gasteiger partial charge in [0, 0.05) is 28.9 Å². The number of hydrogen-bond acceptors (Lipinski definition) is 3. The van der Waals surface area contributed by atoms with Crippen LogP contribution in [0.15, 0.2) is 72.8 Å². The molecule has 0 atom stereocenters. The van der Waals surface area contributed by atoms with Crippen molar-refractivity contribution in [3.63, 3.8) is 0 Å². The summed E-state index contributed by atoms with van der Waals surface area (Å²) in [5.74, 6) is 0.223. The summed E-state index contributed by atoms with van der Waals surface area (Å²) in [5, 5.41) is 11.3. The number of aryl methyl sites for hydroxylation is 3. The quantitative estimate of drug-likeness (QED) is 0.231. The first-order chi connectivity index (χ1) is 18.7. The van der Waals surface area contributed by atoms with Crippen molar-refractivity contribution in [1.82, 2.24) is 14.7 Å². The van der Waals surface area contributed by atoms with E-state index >= 15 is 0 Å². The Balaban J connectivity index is 1.58. The van der Waals surface area contributed by atoms with E-state index < -0.39 is 0 Å². The van der Waals surface area contributed by atoms with Crippen molar-refractivity contribution in [3.05, 3.63) is 94.5 Å². The highest BCUT2D eigenvalue weighted by Crippen LogP contribution is 2.27. The summed E-state index contributed by atoms with van der Waals surface area (Å²) in [6, 6.07) is 22.8. The zero-order valence-corrected chi connectivity index (χ0v) is 23.5. The number of urea groups is 1. The third-order valence-corrected chi connectivity index (χ3v) is 6.86. The standard InChI is InChI=1S/C31H34ClN5O2/c1-5-6-16-36(31(39)33-25-14-13-22(3)26(32)18-25)20-30(38)34-29-19-27(24-10-8-7-9-11-24)35-37(29)28-15-12-21(2)17-23(28)4/h7-15,17-19H,5-6,16,20H2,1-4H3,(H,33,39)(H,34,38). The maximum absolute atomic E-state index is 13.3. The molecule has 4 aromatic rings. The zero-order valence-electron chi connectivity index (χ0n) is 22.8. The number of rotatable bonds is 9. The van der Waals surface area contributed by atoms with E-state index in [-0.39, 0.29) is 18.5 Å². The monoisotopic (exact) mass is 543 g/mol. The second-order valence-corrected chi connectivity index (χ2v) is 10.1. The molecule has 202 valence electrons. The highest BCUT2D eigenvalue weighted by atomic mass is 35.5. The molecule has 0 spiro atoms. The Hall–Kier alpha value is -4.10. The molecule has 1 heterocycles. The Morgan fingerprint density at radius 1 is 0.923 bits per heavy atom. The van der Waals surface area contributed by atoms with Gasteiger partial charge in [-0.25, -0.2) is 9.48 Å². The van der Waals surface area contributed by atoms with Crippen molar-refractivity contribution < 1.29 is 9.59 Å². The first-order valence-corrected chi connectivity index (χ1v) is 13.5. The summed E-state index contributed by atoms with van der Waals surface area (Å²) in [6.07, 6.45) is 1.66. The molecule has 0 saturated heterocycles. The van der Waals surface area contributed by atoms with Gasteiger partial charge in [0.1, 0.15) is 12.4 Å². The predicted molar refractivity (Wildman–Crippen MR) is 159 cm³/mol. The van der Waals surface area contributed by atoms with Gasteiger partial charge in [0.2, 0.25) is 5.91 Å². The van der Waals surface area contributed by atoms with E-state index in [1.165, 1.54) is 4.90 Å². The summed E-state index contributed by atoms with van der Waals surface area (Å²) < 4.78 is 1.75. The second-order valence-electron chi connectivity index (χ2n) is 9.70. The van der Waals surface area contributed by atoms with Gasteiger partial charge in [0.05, 0.1) is 11.4 Å². The van der Waals surface area contributed by atoms with Crippen molar-refractivity contribution in [2.75, 3.05) is 23.7 Å². The van der Waals surface area contributed by atoms with Crippen LogP contribution in [-0.2, 0) is 4.79 Å². The van der Waals surface area contributed by atoms with Crippen LogP contribution in [-0.4, -0.2) is 39.7 Å². The minimum Gasteiger partial charge on any atom is -0.315 e. The molecule has 3 aromatic carbocycles. The number of aromatic nitrogens is 2. The maximum atomic E-state index is 13.3. The molecule has 8 heteroatoms. The van der Waals surface area contributed by atoms with Gasteiger partial charge in [0.15, 0.2) is 0 Å². The van der Waals surface area contributed by atoms with Crippen molar-refractivity contribution in [2.24, 2.45) is 0 Å². The van der Waals surface area contributed by atoms with Gasteiger partial charge in [-0.1, -0.05) is 79.0 Å². The highest BCUT2D eigenvalue weighted by molar-refractivity contribution is 6.31. The lowest BCUT2D eigenvalue weighted by Gasteiger charge is -2.23. The fourth-order valence-corrected chi connectivity index (χ4v) is 4.46. The first kappa shape index (κ1) is 27.9. The molecular weight excluding hydrogens is 510 g/mol. The number of carbonyl (C=O) groups is 2. The van der Waals surface area contributed by atoms with Crippen molar-refractivity contribution in [2.45, 2.75) is 40.5 Å². The average molecular weight is 544 g/mol. The number of carbonyl (C=O) groups excluding carboxylic acids is 2. The van der Waals surface area contributed by atoms with Crippen LogP contribution in [0.25, 0.3) is 16.9 Å². The van der Waals surface area contributed by atoms with Crippen LogP contribution in [0.5, 0.6) is 0 Å². The lowest BCUT2D eigenvalue weighted by Crippen LogP contribution is -2.41. The van der Waals surface area contributed by atoms with E-state index in [0.29, 0.717) is 23.1 Å². The minimum absolute atomic E-state index is 0.107. The number of amides is 3. The van der Waals surface area contributed by atoms with Crippen LogP contribution in [0.2, 0.25) is 5.02 Å². The van der Waals surface area contributed by atoms with Gasteiger partial charge in [0.25, 0.3) is 0 Å². The van der Waals surface area contributed by atoms with Crippen LogP contribution in [0.3, 0.4) is 0 Å². The number of benzene rings is 3. The maximum Gasteiger partial charge on any atom is 0.322 e. The molecule has 0 radical (unpaired) electrons. The third kappa shape index (κ3) is 7.06. The van der Waals surface area contributed by atoms with Gasteiger partial charge in [-0.15, -0.1) is 0 Å². The van der Waals surface area contributed by atoms with E-state index in [1.807, 2.05) is 82.3 Å². The molecule has 0 aliphatic carbocycles. The lowest BCUT2D eigenvalue weighted by molar-refractivity contribution is -0.116. The van der Waals surface area contributed by atoms with Crippen molar-refractivity contribution in [3.8, 4) is 16.9 Å².